The summed E-state index contributed by atoms with van der Waals surface area (Å²) in [6, 6.07) is 1.72. The molecule has 2 aromatic rings. The molecule has 0 amide bonds. The van der Waals surface area contributed by atoms with E-state index in [0.717, 1.165) is 5.69 Å². The van der Waals surface area contributed by atoms with Gasteiger partial charge in [0.15, 0.2) is 6.20 Å². The molecule has 2 heterocycles. The van der Waals surface area contributed by atoms with Crippen molar-refractivity contribution < 1.29 is 9.05 Å². The Bertz CT molecular complexity index is 338. The van der Waals surface area contributed by atoms with E-state index < -0.39 is 0 Å². The number of nitrogens with zero attached hydrogens (tertiary/aromatic N) is 3. The van der Waals surface area contributed by atoms with Crippen molar-refractivity contribution in [3.8, 4) is 11.5 Å². The molecule has 0 aliphatic carbocycles. The highest BCUT2D eigenvalue weighted by atomic mass is 16.5. The lowest BCUT2D eigenvalue weighted by atomic mass is 10.3. The summed E-state index contributed by atoms with van der Waals surface area (Å²) in [5.74, 6) is 0.859. The molecule has 0 aliphatic heterocycles. The van der Waals surface area contributed by atoms with Gasteiger partial charge in [-0.1, -0.05) is 5.16 Å². The quantitative estimate of drug-likeness (QED) is 0.602. The molecule has 55 valence electrons. The molecule has 0 unspecified atom stereocenters. The molecule has 0 aromatic carbocycles. The zero-order chi connectivity index (χ0) is 7.68. The molecule has 2 rings (SSSR count). The van der Waals surface area contributed by atoms with E-state index in [2.05, 4.69) is 26.2 Å². The van der Waals surface area contributed by atoms with E-state index in [0.29, 0.717) is 11.5 Å². The number of hydrogen-bond acceptors (Lipinski definition) is 5. The summed E-state index contributed by atoms with van der Waals surface area (Å²) in [6.07, 6.45) is 2.51. The Balaban J connectivity index is 2.45. The largest absolute Gasteiger partial charge is 0.352 e. The van der Waals surface area contributed by atoms with Crippen LogP contribution in [-0.4, -0.2) is 15.5 Å². The van der Waals surface area contributed by atoms with E-state index in [4.69, 9.17) is 4.52 Å². The van der Waals surface area contributed by atoms with Crippen molar-refractivity contribution in [3.63, 3.8) is 0 Å². The van der Waals surface area contributed by atoms with E-state index in [1.807, 2.05) is 6.92 Å². The van der Waals surface area contributed by atoms with Crippen LogP contribution in [0.15, 0.2) is 15.1 Å². The summed E-state index contributed by atoms with van der Waals surface area (Å²) in [4.78, 5) is 0. The third-order valence-corrected chi connectivity index (χ3v) is 1.18. The second-order valence-electron chi connectivity index (χ2n) is 2.05. The fraction of sp³-hybridized carbons (Fsp3) is 0.167. The molecular formula is C6H4N3O2. The molecule has 0 bridgehead atoms. The van der Waals surface area contributed by atoms with Crippen LogP contribution in [0.5, 0.6) is 0 Å². The predicted molar refractivity (Wildman–Crippen MR) is 33.4 cm³/mol. The van der Waals surface area contributed by atoms with E-state index in [1.165, 1.54) is 0 Å². The maximum atomic E-state index is 4.85. The lowest BCUT2D eigenvalue weighted by Crippen LogP contribution is -1.64. The molecule has 5 nitrogen and oxygen atoms in total. The van der Waals surface area contributed by atoms with Crippen molar-refractivity contribution in [2.75, 3.05) is 0 Å². The lowest BCUT2D eigenvalue weighted by Gasteiger charge is -1.78. The average Bonchev–Trinajstić information content (AvgIpc) is 2.55. The van der Waals surface area contributed by atoms with Crippen molar-refractivity contribution in [1.82, 2.24) is 15.5 Å². The van der Waals surface area contributed by atoms with Crippen molar-refractivity contribution in [3.05, 3.63) is 18.0 Å². The fourth-order valence-electron chi connectivity index (χ4n) is 0.718. The minimum absolute atomic E-state index is 0.366. The summed E-state index contributed by atoms with van der Waals surface area (Å²) >= 11 is 0. The van der Waals surface area contributed by atoms with Crippen LogP contribution in [0.4, 0.5) is 0 Å². The zero-order valence-corrected chi connectivity index (χ0v) is 5.74. The van der Waals surface area contributed by atoms with Gasteiger partial charge in [-0.3, -0.25) is 0 Å². The molecule has 0 saturated heterocycles. The molecule has 0 saturated carbocycles. The molecule has 0 N–H and O–H groups in total. The van der Waals surface area contributed by atoms with Crippen molar-refractivity contribution >= 4 is 0 Å². The van der Waals surface area contributed by atoms with Gasteiger partial charge in [-0.25, -0.2) is 0 Å². The summed E-state index contributed by atoms with van der Waals surface area (Å²) in [7, 11) is 0. The monoisotopic (exact) mass is 150 g/mol. The first-order chi connectivity index (χ1) is 5.36. The van der Waals surface area contributed by atoms with Crippen LogP contribution in [0.25, 0.3) is 11.5 Å². The average molecular weight is 150 g/mol. The normalized spacial score (nSPS) is 10.3. The predicted octanol–water partition coefficient (Wildman–Crippen LogP) is 0.833. The van der Waals surface area contributed by atoms with Crippen LogP contribution < -0.4 is 0 Å². The molecule has 0 spiro atoms. The van der Waals surface area contributed by atoms with E-state index in [-0.39, 0.29) is 0 Å². The van der Waals surface area contributed by atoms with Gasteiger partial charge in [0, 0.05) is 11.3 Å². The van der Waals surface area contributed by atoms with Gasteiger partial charge in [0.25, 0.3) is 0 Å². The first-order valence-corrected chi connectivity index (χ1v) is 3.00. The van der Waals surface area contributed by atoms with Gasteiger partial charge in [-0.05, 0) is 6.92 Å². The first-order valence-electron chi connectivity index (χ1n) is 3.00. The number of rotatable bonds is 1. The van der Waals surface area contributed by atoms with Crippen LogP contribution in [0.3, 0.4) is 0 Å². The Morgan fingerprint density at radius 1 is 1.45 bits per heavy atom. The zero-order valence-electron chi connectivity index (χ0n) is 5.74. The Morgan fingerprint density at radius 2 is 2.36 bits per heavy atom. The molecule has 11 heavy (non-hydrogen) atoms. The molecule has 2 aromatic heterocycles. The Morgan fingerprint density at radius 3 is 2.91 bits per heavy atom. The molecule has 1 radical (unpaired) electrons. The van der Waals surface area contributed by atoms with Crippen molar-refractivity contribution in [1.29, 1.82) is 0 Å². The van der Waals surface area contributed by atoms with Gasteiger partial charge in [0.1, 0.15) is 0 Å². The summed E-state index contributed by atoms with van der Waals surface area (Å²) in [5.41, 5.74) is 0.782. The van der Waals surface area contributed by atoms with Gasteiger partial charge < -0.3 is 9.05 Å². The maximum Gasteiger partial charge on any atom is 0.235 e. The number of aromatic nitrogens is 3. The van der Waals surface area contributed by atoms with Gasteiger partial charge >= 0.3 is 0 Å². The maximum absolute atomic E-state index is 4.85. The van der Waals surface area contributed by atoms with Crippen LogP contribution in [0.1, 0.15) is 5.69 Å². The van der Waals surface area contributed by atoms with Crippen molar-refractivity contribution in [2.24, 2.45) is 0 Å². The minimum Gasteiger partial charge on any atom is -0.352 e. The van der Waals surface area contributed by atoms with Gasteiger partial charge in [0.05, 0.1) is 5.69 Å². The number of hydrogen-bond donors (Lipinski definition) is 0. The molecular weight excluding hydrogens is 146 g/mol. The van der Waals surface area contributed by atoms with E-state index >= 15 is 0 Å². The Labute approximate surface area is 62.0 Å². The summed E-state index contributed by atoms with van der Waals surface area (Å²) < 4.78 is 9.54. The highest BCUT2D eigenvalue weighted by Crippen LogP contribution is 2.16. The first kappa shape index (κ1) is 6.09. The third kappa shape index (κ3) is 1.000. The Kier molecular flexibility index (Phi) is 1.21. The van der Waals surface area contributed by atoms with Gasteiger partial charge in [-0.2, -0.15) is 0 Å². The van der Waals surface area contributed by atoms with Crippen LogP contribution in [0, 0.1) is 13.1 Å². The van der Waals surface area contributed by atoms with E-state index in [1.54, 1.807) is 6.07 Å². The standard InChI is InChI=1S/C6H4N3O2/c1-4-2-5(10-8-4)6-3-7-9-11-6/h2H,1H3. The van der Waals surface area contributed by atoms with Gasteiger partial charge in [-0.15, -0.1) is 5.10 Å². The second kappa shape index (κ2) is 2.19. The van der Waals surface area contributed by atoms with Crippen LogP contribution in [0.2, 0.25) is 0 Å². The molecule has 0 fully saturated rings. The van der Waals surface area contributed by atoms with Crippen molar-refractivity contribution in [2.45, 2.75) is 6.92 Å². The molecule has 0 aliphatic rings. The summed E-state index contributed by atoms with van der Waals surface area (Å²) in [5, 5.41) is 10.3. The molecule has 5 heteroatoms. The number of aryl methyl sites for hydroxylation is 1. The topological polar surface area (TPSA) is 65.0 Å². The second-order valence-corrected chi connectivity index (χ2v) is 2.05. The lowest BCUT2D eigenvalue weighted by molar-refractivity contribution is 0.372. The van der Waals surface area contributed by atoms with Crippen LogP contribution >= 0.6 is 0 Å². The van der Waals surface area contributed by atoms with Crippen LogP contribution in [-0.2, 0) is 0 Å². The SMILES string of the molecule is Cc1cc(-c2[c]nno2)on1. The third-order valence-electron chi connectivity index (χ3n) is 1.18. The summed E-state index contributed by atoms with van der Waals surface area (Å²) in [6.45, 7) is 1.82. The Hall–Kier alpha value is -1.65. The molecule has 0 atom stereocenters. The highest BCUT2D eigenvalue weighted by molar-refractivity contribution is 5.46. The smallest absolute Gasteiger partial charge is 0.235 e. The minimum atomic E-state index is 0.366. The van der Waals surface area contributed by atoms with Gasteiger partial charge in [0.2, 0.25) is 11.5 Å². The van der Waals surface area contributed by atoms with E-state index in [9.17, 15) is 0 Å². The highest BCUT2D eigenvalue weighted by Gasteiger charge is 2.08. The fourth-order valence-corrected chi connectivity index (χ4v) is 0.718.